The summed E-state index contributed by atoms with van der Waals surface area (Å²) < 4.78 is 0. The number of anilines is 1. The highest BCUT2D eigenvalue weighted by Crippen LogP contribution is 2.11. The number of rotatable bonds is 2. The van der Waals surface area contributed by atoms with Gasteiger partial charge in [0.1, 0.15) is 12.0 Å². The Kier molecular flexibility index (Phi) is 3.95. The zero-order valence-electron chi connectivity index (χ0n) is 9.85. The van der Waals surface area contributed by atoms with Crippen LogP contribution >= 0.6 is 12.2 Å². The van der Waals surface area contributed by atoms with E-state index in [1.807, 2.05) is 20.8 Å². The standard InChI is InChI=1S/C10H14N4O2S/c1-10(2,3)13-9(17)12-8-5-4-7(6-11-8)14(15)16/h4-6H,1-3H3,(H2,11,12,13,17). The molecule has 0 amide bonds. The molecule has 0 atom stereocenters. The molecule has 1 rings (SSSR count). The van der Waals surface area contributed by atoms with Gasteiger partial charge in [0, 0.05) is 11.6 Å². The fourth-order valence-corrected chi connectivity index (χ4v) is 1.47. The van der Waals surface area contributed by atoms with Crippen LogP contribution in [0.25, 0.3) is 0 Å². The van der Waals surface area contributed by atoms with Crippen LogP contribution in [0.4, 0.5) is 11.5 Å². The van der Waals surface area contributed by atoms with Gasteiger partial charge in [0.25, 0.3) is 5.69 Å². The molecule has 0 saturated carbocycles. The van der Waals surface area contributed by atoms with E-state index in [0.29, 0.717) is 10.9 Å². The molecule has 0 unspecified atom stereocenters. The lowest BCUT2D eigenvalue weighted by Gasteiger charge is -2.22. The molecule has 1 heterocycles. The van der Waals surface area contributed by atoms with E-state index in [9.17, 15) is 10.1 Å². The van der Waals surface area contributed by atoms with Crippen LogP contribution in [0.3, 0.4) is 0 Å². The van der Waals surface area contributed by atoms with Crippen molar-refractivity contribution in [2.24, 2.45) is 0 Å². The van der Waals surface area contributed by atoms with Crippen molar-refractivity contribution in [2.45, 2.75) is 26.3 Å². The highest BCUT2D eigenvalue weighted by molar-refractivity contribution is 7.80. The van der Waals surface area contributed by atoms with Gasteiger partial charge < -0.3 is 10.6 Å². The van der Waals surface area contributed by atoms with Gasteiger partial charge in [-0.15, -0.1) is 0 Å². The fourth-order valence-electron chi connectivity index (χ4n) is 1.06. The van der Waals surface area contributed by atoms with E-state index < -0.39 is 4.92 Å². The molecule has 0 aromatic carbocycles. The Morgan fingerprint density at radius 2 is 2.12 bits per heavy atom. The van der Waals surface area contributed by atoms with Crippen LogP contribution in [0.15, 0.2) is 18.3 Å². The molecule has 0 spiro atoms. The van der Waals surface area contributed by atoms with Crippen molar-refractivity contribution in [1.82, 2.24) is 10.3 Å². The lowest BCUT2D eigenvalue weighted by molar-refractivity contribution is -0.385. The molecule has 0 aliphatic rings. The van der Waals surface area contributed by atoms with Gasteiger partial charge in [0.2, 0.25) is 0 Å². The van der Waals surface area contributed by atoms with Gasteiger partial charge in [-0.05, 0) is 39.1 Å². The number of nitrogens with one attached hydrogen (secondary N) is 2. The van der Waals surface area contributed by atoms with Crippen LogP contribution in [0.5, 0.6) is 0 Å². The number of hydrogen-bond acceptors (Lipinski definition) is 4. The Morgan fingerprint density at radius 3 is 2.53 bits per heavy atom. The first-order chi connectivity index (χ1) is 7.78. The maximum absolute atomic E-state index is 10.4. The first-order valence-corrected chi connectivity index (χ1v) is 5.38. The van der Waals surface area contributed by atoms with Gasteiger partial charge >= 0.3 is 0 Å². The molecule has 2 N–H and O–H groups in total. The van der Waals surface area contributed by atoms with Crippen LogP contribution in [-0.2, 0) is 0 Å². The number of nitrogens with zero attached hydrogens (tertiary/aromatic N) is 2. The van der Waals surface area contributed by atoms with E-state index in [1.54, 1.807) is 0 Å². The smallest absolute Gasteiger partial charge is 0.287 e. The Hall–Kier alpha value is -1.76. The number of hydrogen-bond donors (Lipinski definition) is 2. The van der Waals surface area contributed by atoms with Gasteiger partial charge in [-0.2, -0.15) is 0 Å². The molecular formula is C10H14N4O2S. The predicted molar refractivity (Wildman–Crippen MR) is 70.0 cm³/mol. The summed E-state index contributed by atoms with van der Waals surface area (Å²) in [5.41, 5.74) is -0.199. The molecule has 0 fully saturated rings. The molecule has 6 nitrogen and oxygen atoms in total. The monoisotopic (exact) mass is 254 g/mol. The van der Waals surface area contributed by atoms with Crippen LogP contribution < -0.4 is 10.6 Å². The second-order valence-electron chi connectivity index (χ2n) is 4.49. The van der Waals surface area contributed by atoms with Gasteiger partial charge in [-0.25, -0.2) is 4.98 Å². The normalized spacial score (nSPS) is 10.8. The second-order valence-corrected chi connectivity index (χ2v) is 4.90. The molecule has 0 saturated heterocycles. The van der Waals surface area contributed by atoms with Crippen LogP contribution in [0.2, 0.25) is 0 Å². The summed E-state index contributed by atoms with van der Waals surface area (Å²) in [6, 6.07) is 2.88. The van der Waals surface area contributed by atoms with Crippen molar-refractivity contribution >= 4 is 28.8 Å². The van der Waals surface area contributed by atoms with Crippen molar-refractivity contribution in [3.8, 4) is 0 Å². The van der Waals surface area contributed by atoms with Gasteiger partial charge in [0.05, 0.1) is 4.92 Å². The molecular weight excluding hydrogens is 240 g/mol. The van der Waals surface area contributed by atoms with Gasteiger partial charge in [-0.3, -0.25) is 10.1 Å². The van der Waals surface area contributed by atoms with E-state index in [4.69, 9.17) is 12.2 Å². The third-order valence-corrected chi connectivity index (χ3v) is 1.89. The molecule has 7 heteroatoms. The third-order valence-electron chi connectivity index (χ3n) is 1.69. The van der Waals surface area contributed by atoms with Crippen molar-refractivity contribution in [2.75, 3.05) is 5.32 Å². The average Bonchev–Trinajstić information content (AvgIpc) is 2.15. The maximum atomic E-state index is 10.4. The highest BCUT2D eigenvalue weighted by Gasteiger charge is 2.11. The first-order valence-electron chi connectivity index (χ1n) is 4.97. The lowest BCUT2D eigenvalue weighted by Crippen LogP contribution is -2.43. The molecule has 0 aliphatic carbocycles. The van der Waals surface area contributed by atoms with E-state index in [-0.39, 0.29) is 11.2 Å². The number of nitro groups is 1. The summed E-state index contributed by atoms with van der Waals surface area (Å²) in [5, 5.41) is 16.8. The molecule has 0 aliphatic heterocycles. The first kappa shape index (κ1) is 13.3. The second kappa shape index (κ2) is 5.05. The zero-order chi connectivity index (χ0) is 13.1. The summed E-state index contributed by atoms with van der Waals surface area (Å²) in [6.45, 7) is 5.93. The SMILES string of the molecule is CC(C)(C)NC(=S)Nc1ccc([N+](=O)[O-])cn1. The van der Waals surface area contributed by atoms with Crippen LogP contribution in [0.1, 0.15) is 20.8 Å². The fraction of sp³-hybridized carbons (Fsp3) is 0.400. The summed E-state index contributed by atoms with van der Waals surface area (Å²) in [4.78, 5) is 13.8. The Balaban J connectivity index is 2.64. The zero-order valence-corrected chi connectivity index (χ0v) is 10.7. The predicted octanol–water partition coefficient (Wildman–Crippen LogP) is 2.07. The van der Waals surface area contributed by atoms with Gasteiger partial charge in [0.15, 0.2) is 5.11 Å². The van der Waals surface area contributed by atoms with Crippen molar-refractivity contribution in [1.29, 1.82) is 0 Å². The molecule has 0 radical (unpaired) electrons. The van der Waals surface area contributed by atoms with Crippen molar-refractivity contribution in [3.63, 3.8) is 0 Å². The molecule has 1 aromatic rings. The lowest BCUT2D eigenvalue weighted by atomic mass is 10.1. The van der Waals surface area contributed by atoms with Crippen LogP contribution in [-0.4, -0.2) is 20.6 Å². The minimum absolute atomic E-state index is 0.0507. The minimum atomic E-state index is -0.498. The van der Waals surface area contributed by atoms with Crippen LogP contribution in [0, 0.1) is 10.1 Å². The maximum Gasteiger partial charge on any atom is 0.287 e. The Bertz CT molecular complexity index is 425. The number of pyridine rings is 1. The minimum Gasteiger partial charge on any atom is -0.358 e. The highest BCUT2D eigenvalue weighted by atomic mass is 32.1. The van der Waals surface area contributed by atoms with Gasteiger partial charge in [-0.1, -0.05) is 0 Å². The summed E-state index contributed by atoms with van der Waals surface area (Å²) >= 11 is 5.07. The summed E-state index contributed by atoms with van der Waals surface area (Å²) in [7, 11) is 0. The number of thiocarbonyl (C=S) groups is 1. The summed E-state index contributed by atoms with van der Waals surface area (Å²) in [5.74, 6) is 0.470. The van der Waals surface area contributed by atoms with E-state index >= 15 is 0 Å². The van der Waals surface area contributed by atoms with E-state index in [0.717, 1.165) is 0 Å². The number of aromatic nitrogens is 1. The molecule has 1 aromatic heterocycles. The Labute approximate surface area is 105 Å². The quantitative estimate of drug-likeness (QED) is 0.478. The van der Waals surface area contributed by atoms with Crippen molar-refractivity contribution in [3.05, 3.63) is 28.4 Å². The molecule has 92 valence electrons. The topological polar surface area (TPSA) is 80.1 Å². The van der Waals surface area contributed by atoms with E-state index in [2.05, 4.69) is 15.6 Å². The third kappa shape index (κ3) is 4.73. The molecule has 17 heavy (non-hydrogen) atoms. The van der Waals surface area contributed by atoms with Crippen molar-refractivity contribution < 1.29 is 4.92 Å². The largest absolute Gasteiger partial charge is 0.358 e. The Morgan fingerprint density at radius 1 is 1.47 bits per heavy atom. The van der Waals surface area contributed by atoms with E-state index in [1.165, 1.54) is 18.3 Å². The average molecular weight is 254 g/mol. The molecule has 0 bridgehead atoms. The summed E-state index contributed by atoms with van der Waals surface area (Å²) in [6.07, 6.45) is 1.18.